The zero-order valence-corrected chi connectivity index (χ0v) is 24.9. The first-order valence-electron chi connectivity index (χ1n) is 13.3. The summed E-state index contributed by atoms with van der Waals surface area (Å²) in [6.45, 7) is 7.31. The van der Waals surface area contributed by atoms with Crippen LogP contribution in [0.4, 0.5) is 0 Å². The molecule has 0 N–H and O–H groups in total. The number of carbonyl (C=O) groups is 2. The average molecular weight is 581 g/mol. The number of rotatable bonds is 15. The van der Waals surface area contributed by atoms with Gasteiger partial charge >= 0.3 is 212 Å². The molecule has 0 saturated carbocycles. The normalized spacial score (nSPS) is 21.3. The summed E-state index contributed by atoms with van der Waals surface area (Å²) in [7, 11) is 2.91. The topological polar surface area (TPSA) is 61.8 Å². The average Bonchev–Trinajstić information content (AvgIpc) is 3.33. The van der Waals surface area contributed by atoms with E-state index < -0.39 is 23.8 Å². The molecule has 1 aromatic carbocycles. The molecule has 192 valence electrons. The quantitative estimate of drug-likeness (QED) is 0.171. The number of benzene rings is 1. The van der Waals surface area contributed by atoms with Crippen LogP contribution in [0.1, 0.15) is 83.6 Å². The van der Waals surface area contributed by atoms with Gasteiger partial charge in [-0.2, -0.15) is 0 Å². The predicted octanol–water partition coefficient (Wildman–Crippen LogP) is 6.67. The molecule has 1 saturated heterocycles. The number of carbonyl (C=O) groups excluding carboxylic acids is 2. The molecule has 0 aromatic heterocycles. The molecular weight excluding hydrogens is 535 g/mol. The third kappa shape index (κ3) is 6.57. The van der Waals surface area contributed by atoms with Gasteiger partial charge < -0.3 is 0 Å². The van der Waals surface area contributed by atoms with Crippen LogP contribution in [-0.2, 0) is 23.8 Å². The molecule has 0 unspecified atom stereocenters. The van der Waals surface area contributed by atoms with Gasteiger partial charge in [0.2, 0.25) is 0 Å². The Hall–Kier alpha value is -1.08. The second kappa shape index (κ2) is 14.5. The van der Waals surface area contributed by atoms with E-state index in [9.17, 15) is 9.59 Å². The number of ether oxygens (including phenoxy) is 3. The molecule has 0 aliphatic carbocycles. The van der Waals surface area contributed by atoms with Crippen LogP contribution < -0.4 is 0 Å². The molecular formula is C28H46O5Sn. The van der Waals surface area contributed by atoms with Crippen molar-refractivity contribution >= 4 is 30.3 Å². The summed E-state index contributed by atoms with van der Waals surface area (Å²) in [4.78, 5) is 26.6. The Morgan fingerprint density at radius 1 is 0.971 bits per heavy atom. The molecule has 0 bridgehead atoms. The first kappa shape index (κ1) is 29.2. The number of hydrogen-bond acceptors (Lipinski definition) is 5. The van der Waals surface area contributed by atoms with Gasteiger partial charge in [-0.3, -0.25) is 0 Å². The fourth-order valence-corrected chi connectivity index (χ4v) is 25.4. The van der Waals surface area contributed by atoms with Crippen LogP contribution in [0, 0.1) is 5.41 Å². The number of hydrogen-bond donors (Lipinski definition) is 0. The Balaban J connectivity index is 2.72. The van der Waals surface area contributed by atoms with Crippen molar-refractivity contribution in [1.82, 2.24) is 0 Å². The zero-order valence-electron chi connectivity index (χ0n) is 22.1. The fraction of sp³-hybridized carbons (Fsp3) is 0.714. The van der Waals surface area contributed by atoms with Crippen molar-refractivity contribution in [1.29, 1.82) is 0 Å². The van der Waals surface area contributed by atoms with Crippen LogP contribution in [-0.4, -0.2) is 55.3 Å². The SMILES string of the molecule is CCC[CH2][Sn]([CH2]CCC)([CH2]CCC)[C@H]1OCC[C@]1(C(=O)OC)[C@H](CC(=O)OC)c1ccccc1. The first-order chi connectivity index (χ1) is 16.5. The predicted molar refractivity (Wildman–Crippen MR) is 140 cm³/mol. The monoisotopic (exact) mass is 582 g/mol. The van der Waals surface area contributed by atoms with Crippen molar-refractivity contribution in [3.05, 3.63) is 35.9 Å². The Kier molecular flexibility index (Phi) is 12.4. The Morgan fingerprint density at radius 3 is 2.00 bits per heavy atom. The summed E-state index contributed by atoms with van der Waals surface area (Å²) >= 11 is -3.07. The summed E-state index contributed by atoms with van der Waals surface area (Å²) in [6.07, 6.45) is 7.78. The van der Waals surface area contributed by atoms with Gasteiger partial charge in [0.25, 0.3) is 0 Å². The molecule has 0 radical (unpaired) electrons. The standard InChI is InChI=1S/C16H19O5.3C4H9.Sn/c1-19-14(17)10-13(12-6-4-3-5-7-12)16(15(18)20-2)8-9-21-11-16;3*1-3-4-2;/h3-7,11,13H,8-10H2,1-2H3;3*1,3-4H2,2H3;/t13-,16-;;;;/m1..../s1. The van der Waals surface area contributed by atoms with Gasteiger partial charge in [0.1, 0.15) is 0 Å². The van der Waals surface area contributed by atoms with Crippen molar-refractivity contribution in [2.24, 2.45) is 5.41 Å². The Labute approximate surface area is 211 Å². The van der Waals surface area contributed by atoms with E-state index in [1.54, 1.807) is 0 Å². The van der Waals surface area contributed by atoms with Gasteiger partial charge in [0.05, 0.1) is 0 Å². The zero-order chi connectivity index (χ0) is 25.0. The fourth-order valence-electron chi connectivity index (χ4n) is 6.13. The van der Waals surface area contributed by atoms with Crippen LogP contribution in [0.25, 0.3) is 0 Å². The molecule has 1 heterocycles. The summed E-state index contributed by atoms with van der Waals surface area (Å²) < 4.78 is 21.0. The van der Waals surface area contributed by atoms with Crippen LogP contribution in [0.3, 0.4) is 0 Å². The van der Waals surface area contributed by atoms with Crippen molar-refractivity contribution in [2.75, 3.05) is 20.8 Å². The van der Waals surface area contributed by atoms with Gasteiger partial charge in [-0.05, 0) is 0 Å². The van der Waals surface area contributed by atoms with E-state index in [1.807, 2.05) is 30.3 Å². The Bertz CT molecular complexity index is 731. The van der Waals surface area contributed by atoms with Crippen LogP contribution in [0.15, 0.2) is 30.3 Å². The van der Waals surface area contributed by atoms with Gasteiger partial charge in [-0.25, -0.2) is 0 Å². The van der Waals surface area contributed by atoms with E-state index in [0.29, 0.717) is 13.0 Å². The van der Waals surface area contributed by atoms with E-state index in [2.05, 4.69) is 20.8 Å². The van der Waals surface area contributed by atoms with Crippen molar-refractivity contribution in [3.8, 4) is 0 Å². The molecule has 6 heteroatoms. The second-order valence-electron chi connectivity index (χ2n) is 9.95. The van der Waals surface area contributed by atoms with E-state index in [4.69, 9.17) is 14.2 Å². The molecule has 5 nitrogen and oxygen atoms in total. The van der Waals surface area contributed by atoms with Crippen molar-refractivity contribution in [2.45, 2.75) is 95.5 Å². The van der Waals surface area contributed by atoms with Crippen LogP contribution in [0.5, 0.6) is 0 Å². The maximum atomic E-state index is 13.9. The summed E-state index contributed by atoms with van der Waals surface area (Å²) in [5.74, 6) is -0.820. The summed E-state index contributed by atoms with van der Waals surface area (Å²) in [5.41, 5.74) is 0.158. The molecule has 2 rings (SSSR count). The number of methoxy groups -OCH3 is 2. The van der Waals surface area contributed by atoms with Gasteiger partial charge in [-0.15, -0.1) is 0 Å². The molecule has 1 aromatic rings. The molecule has 0 spiro atoms. The maximum absolute atomic E-state index is 13.9. The minimum atomic E-state index is -3.07. The molecule has 1 aliphatic rings. The molecule has 0 amide bonds. The van der Waals surface area contributed by atoms with E-state index in [1.165, 1.54) is 46.8 Å². The summed E-state index contributed by atoms with van der Waals surface area (Å²) in [6, 6.07) is 10.0. The van der Waals surface area contributed by atoms with Gasteiger partial charge in [-0.1, -0.05) is 0 Å². The van der Waals surface area contributed by atoms with Crippen molar-refractivity contribution in [3.63, 3.8) is 0 Å². The van der Waals surface area contributed by atoms with Crippen LogP contribution >= 0.6 is 0 Å². The molecule has 1 fully saturated rings. The van der Waals surface area contributed by atoms with E-state index >= 15 is 0 Å². The third-order valence-corrected chi connectivity index (χ3v) is 24.6. The van der Waals surface area contributed by atoms with E-state index in [0.717, 1.165) is 24.8 Å². The van der Waals surface area contributed by atoms with E-state index in [-0.39, 0.29) is 28.4 Å². The third-order valence-electron chi connectivity index (χ3n) is 7.90. The minimum absolute atomic E-state index is 0.0891. The summed E-state index contributed by atoms with van der Waals surface area (Å²) in [5, 5.41) is 0. The van der Waals surface area contributed by atoms with Gasteiger partial charge in [0.15, 0.2) is 0 Å². The second-order valence-corrected chi connectivity index (χ2v) is 23.5. The molecule has 3 atom stereocenters. The molecule has 34 heavy (non-hydrogen) atoms. The van der Waals surface area contributed by atoms with Crippen molar-refractivity contribution < 1.29 is 23.8 Å². The van der Waals surface area contributed by atoms with Gasteiger partial charge in [0, 0.05) is 0 Å². The number of unbranched alkanes of at least 4 members (excludes halogenated alkanes) is 3. The first-order valence-corrected chi connectivity index (χ1v) is 21.0. The molecule has 1 aliphatic heterocycles. The number of esters is 2. The van der Waals surface area contributed by atoms with Crippen LogP contribution in [0.2, 0.25) is 13.3 Å². The Morgan fingerprint density at radius 2 is 1.53 bits per heavy atom.